The van der Waals surface area contributed by atoms with Crippen LogP contribution in [0.15, 0.2) is 12.1 Å². The number of methoxy groups -OCH3 is 1. The minimum atomic E-state index is 0.798. The molecule has 0 aliphatic carbocycles. The van der Waals surface area contributed by atoms with E-state index in [2.05, 4.69) is 35.8 Å². The van der Waals surface area contributed by atoms with Gasteiger partial charge in [-0.05, 0) is 69.0 Å². The zero-order valence-electron chi connectivity index (χ0n) is 13.7. The van der Waals surface area contributed by atoms with E-state index in [0.717, 1.165) is 18.3 Å². The van der Waals surface area contributed by atoms with Gasteiger partial charge in [-0.1, -0.05) is 6.07 Å². The van der Waals surface area contributed by atoms with Gasteiger partial charge in [-0.2, -0.15) is 0 Å². The van der Waals surface area contributed by atoms with Gasteiger partial charge in [0.25, 0.3) is 0 Å². The molecule has 0 amide bonds. The van der Waals surface area contributed by atoms with Crippen molar-refractivity contribution in [3.63, 3.8) is 0 Å². The SMILES string of the molecule is COc1ccc(CN2CCC(N3CCCC3)C2)c(C)c1C. The lowest BCUT2D eigenvalue weighted by Crippen LogP contribution is -2.35. The highest BCUT2D eigenvalue weighted by Crippen LogP contribution is 2.27. The average Bonchev–Trinajstić information content (AvgIpc) is 3.15. The van der Waals surface area contributed by atoms with Crippen LogP contribution in [0.2, 0.25) is 0 Å². The Kier molecular flexibility index (Phi) is 4.51. The van der Waals surface area contributed by atoms with Crippen LogP contribution in [0.25, 0.3) is 0 Å². The molecule has 1 atom stereocenters. The van der Waals surface area contributed by atoms with Crippen LogP contribution in [-0.4, -0.2) is 49.1 Å². The van der Waals surface area contributed by atoms with Gasteiger partial charge in [-0.15, -0.1) is 0 Å². The Bertz CT molecular complexity index is 494. The zero-order valence-corrected chi connectivity index (χ0v) is 13.7. The number of rotatable bonds is 4. The third-order valence-corrected chi connectivity index (χ3v) is 5.37. The predicted molar refractivity (Wildman–Crippen MR) is 87.0 cm³/mol. The Morgan fingerprint density at radius 2 is 1.86 bits per heavy atom. The van der Waals surface area contributed by atoms with Gasteiger partial charge in [0, 0.05) is 25.7 Å². The zero-order chi connectivity index (χ0) is 14.8. The molecule has 3 heteroatoms. The summed E-state index contributed by atoms with van der Waals surface area (Å²) >= 11 is 0. The Morgan fingerprint density at radius 3 is 2.57 bits per heavy atom. The standard InChI is InChI=1S/C18H28N2O/c1-14-15(2)18(21-3)7-6-16(14)12-19-11-8-17(13-19)20-9-4-5-10-20/h6-7,17H,4-5,8-13H2,1-3H3. The van der Waals surface area contributed by atoms with Crippen molar-refractivity contribution < 1.29 is 4.74 Å². The third-order valence-electron chi connectivity index (χ3n) is 5.37. The molecular weight excluding hydrogens is 260 g/mol. The van der Waals surface area contributed by atoms with Gasteiger partial charge < -0.3 is 4.74 Å². The molecule has 0 spiro atoms. The first kappa shape index (κ1) is 14.9. The van der Waals surface area contributed by atoms with E-state index in [1.165, 1.54) is 62.1 Å². The molecule has 0 N–H and O–H groups in total. The molecule has 1 aromatic rings. The molecule has 2 heterocycles. The van der Waals surface area contributed by atoms with Gasteiger partial charge in [0.2, 0.25) is 0 Å². The molecule has 0 aromatic heterocycles. The number of likely N-dealkylation sites (tertiary alicyclic amines) is 2. The van der Waals surface area contributed by atoms with Crippen LogP contribution in [0, 0.1) is 13.8 Å². The fourth-order valence-corrected chi connectivity index (χ4v) is 3.85. The molecule has 0 saturated carbocycles. The van der Waals surface area contributed by atoms with Crippen molar-refractivity contribution >= 4 is 0 Å². The molecule has 1 unspecified atom stereocenters. The molecule has 2 aliphatic rings. The Balaban J connectivity index is 1.63. The first-order valence-electron chi connectivity index (χ1n) is 8.28. The number of hydrogen-bond acceptors (Lipinski definition) is 3. The van der Waals surface area contributed by atoms with Crippen LogP contribution < -0.4 is 4.74 Å². The molecule has 1 aromatic carbocycles. The summed E-state index contributed by atoms with van der Waals surface area (Å²) in [7, 11) is 1.75. The highest BCUT2D eigenvalue weighted by molar-refractivity contribution is 5.43. The summed E-state index contributed by atoms with van der Waals surface area (Å²) in [5.41, 5.74) is 4.12. The van der Waals surface area contributed by atoms with E-state index in [1.54, 1.807) is 7.11 Å². The quantitative estimate of drug-likeness (QED) is 0.847. The molecule has 3 rings (SSSR count). The van der Waals surface area contributed by atoms with Crippen molar-refractivity contribution in [1.29, 1.82) is 0 Å². The number of nitrogens with zero attached hydrogens (tertiary/aromatic N) is 2. The van der Waals surface area contributed by atoms with Gasteiger partial charge in [0.05, 0.1) is 7.11 Å². The highest BCUT2D eigenvalue weighted by atomic mass is 16.5. The summed E-state index contributed by atoms with van der Waals surface area (Å²) in [5.74, 6) is 1.01. The van der Waals surface area contributed by atoms with Crippen LogP contribution in [0.5, 0.6) is 5.75 Å². The van der Waals surface area contributed by atoms with E-state index in [1.807, 2.05) is 0 Å². The van der Waals surface area contributed by atoms with Gasteiger partial charge in [-0.25, -0.2) is 0 Å². The van der Waals surface area contributed by atoms with E-state index in [4.69, 9.17) is 4.74 Å². The van der Waals surface area contributed by atoms with Gasteiger partial charge in [-0.3, -0.25) is 9.80 Å². The van der Waals surface area contributed by atoms with Crippen molar-refractivity contribution in [2.45, 2.75) is 45.7 Å². The molecule has 2 aliphatic heterocycles. The van der Waals surface area contributed by atoms with Crippen LogP contribution in [-0.2, 0) is 6.54 Å². The summed E-state index contributed by atoms with van der Waals surface area (Å²) in [5, 5.41) is 0. The molecule has 3 nitrogen and oxygen atoms in total. The topological polar surface area (TPSA) is 15.7 Å². The Hall–Kier alpha value is -1.06. The van der Waals surface area contributed by atoms with E-state index >= 15 is 0 Å². The smallest absolute Gasteiger partial charge is 0.122 e. The number of benzene rings is 1. The number of hydrogen-bond donors (Lipinski definition) is 0. The van der Waals surface area contributed by atoms with Crippen molar-refractivity contribution in [1.82, 2.24) is 9.80 Å². The van der Waals surface area contributed by atoms with Crippen LogP contribution >= 0.6 is 0 Å². The lowest BCUT2D eigenvalue weighted by atomic mass is 10.0. The van der Waals surface area contributed by atoms with Crippen molar-refractivity contribution in [3.8, 4) is 5.75 Å². The minimum absolute atomic E-state index is 0.798. The summed E-state index contributed by atoms with van der Waals surface area (Å²) in [4.78, 5) is 5.32. The number of ether oxygens (including phenoxy) is 1. The first-order chi connectivity index (χ1) is 10.2. The van der Waals surface area contributed by atoms with E-state index in [0.29, 0.717) is 0 Å². The van der Waals surface area contributed by atoms with Crippen molar-refractivity contribution in [2.75, 3.05) is 33.3 Å². The monoisotopic (exact) mass is 288 g/mol. The third kappa shape index (κ3) is 3.09. The second-order valence-corrected chi connectivity index (χ2v) is 6.60. The maximum atomic E-state index is 5.42. The summed E-state index contributed by atoms with van der Waals surface area (Å²) < 4.78 is 5.42. The molecule has 0 bridgehead atoms. The molecule has 116 valence electrons. The summed E-state index contributed by atoms with van der Waals surface area (Å²) in [6.45, 7) is 10.6. The molecule has 2 saturated heterocycles. The van der Waals surface area contributed by atoms with Crippen molar-refractivity contribution in [3.05, 3.63) is 28.8 Å². The summed E-state index contributed by atoms with van der Waals surface area (Å²) in [6, 6.07) is 5.16. The van der Waals surface area contributed by atoms with Gasteiger partial charge in [0.15, 0.2) is 0 Å². The molecule has 0 radical (unpaired) electrons. The minimum Gasteiger partial charge on any atom is -0.496 e. The maximum absolute atomic E-state index is 5.42. The molecule has 2 fully saturated rings. The maximum Gasteiger partial charge on any atom is 0.122 e. The van der Waals surface area contributed by atoms with Crippen LogP contribution in [0.3, 0.4) is 0 Å². The second kappa shape index (κ2) is 6.37. The Labute approximate surface area is 128 Å². The average molecular weight is 288 g/mol. The van der Waals surface area contributed by atoms with E-state index in [9.17, 15) is 0 Å². The van der Waals surface area contributed by atoms with E-state index in [-0.39, 0.29) is 0 Å². The summed E-state index contributed by atoms with van der Waals surface area (Å²) in [6.07, 6.45) is 4.13. The normalized spacial score (nSPS) is 23.9. The fourth-order valence-electron chi connectivity index (χ4n) is 3.85. The van der Waals surface area contributed by atoms with Crippen LogP contribution in [0.4, 0.5) is 0 Å². The van der Waals surface area contributed by atoms with Crippen molar-refractivity contribution in [2.24, 2.45) is 0 Å². The largest absolute Gasteiger partial charge is 0.496 e. The first-order valence-corrected chi connectivity index (χ1v) is 8.28. The Morgan fingerprint density at radius 1 is 1.10 bits per heavy atom. The lowest BCUT2D eigenvalue weighted by molar-refractivity contribution is 0.229. The molecule has 21 heavy (non-hydrogen) atoms. The van der Waals surface area contributed by atoms with Gasteiger partial charge >= 0.3 is 0 Å². The fraction of sp³-hybridized carbons (Fsp3) is 0.667. The van der Waals surface area contributed by atoms with Gasteiger partial charge in [0.1, 0.15) is 5.75 Å². The molecular formula is C18H28N2O. The van der Waals surface area contributed by atoms with Crippen LogP contribution in [0.1, 0.15) is 36.0 Å². The second-order valence-electron chi connectivity index (χ2n) is 6.60. The van der Waals surface area contributed by atoms with E-state index < -0.39 is 0 Å². The predicted octanol–water partition coefficient (Wildman–Crippen LogP) is 2.98. The highest BCUT2D eigenvalue weighted by Gasteiger charge is 2.29. The lowest BCUT2D eigenvalue weighted by Gasteiger charge is -2.24.